The van der Waals surface area contributed by atoms with Crippen molar-refractivity contribution in [2.75, 3.05) is 6.54 Å². The number of aryl methyl sites for hydroxylation is 2. The molecule has 2 aromatic heterocycles. The molecule has 0 amide bonds. The van der Waals surface area contributed by atoms with Crippen LogP contribution in [-0.2, 0) is 19.9 Å². The minimum Gasteiger partial charge on any atom is -0.310 e. The summed E-state index contributed by atoms with van der Waals surface area (Å²) in [6.07, 6.45) is 6.83. The summed E-state index contributed by atoms with van der Waals surface area (Å²) < 4.78 is 1.87. The number of nitrogens with one attached hydrogen (secondary N) is 1. The molecule has 2 rings (SSSR count). The van der Waals surface area contributed by atoms with Crippen molar-refractivity contribution in [1.29, 1.82) is 0 Å². The summed E-state index contributed by atoms with van der Waals surface area (Å²) >= 11 is 6.42. The molecule has 0 saturated carbocycles. The Hall–Kier alpha value is -1.46. The number of hydrogen-bond acceptors (Lipinski definition) is 4. The maximum atomic E-state index is 6.42. The van der Waals surface area contributed by atoms with E-state index in [9.17, 15) is 0 Å². The first-order valence-corrected chi connectivity index (χ1v) is 7.23. The third-order valence-electron chi connectivity index (χ3n) is 3.33. The largest absolute Gasteiger partial charge is 0.310 e. The quantitative estimate of drug-likeness (QED) is 0.888. The van der Waals surface area contributed by atoms with Gasteiger partial charge >= 0.3 is 0 Å². The monoisotopic (exact) mass is 293 g/mol. The summed E-state index contributed by atoms with van der Waals surface area (Å²) in [6, 6.07) is 0.138. The van der Waals surface area contributed by atoms with Crippen molar-refractivity contribution in [2.24, 2.45) is 7.05 Å². The van der Waals surface area contributed by atoms with Crippen molar-refractivity contribution < 1.29 is 0 Å². The van der Waals surface area contributed by atoms with Gasteiger partial charge in [-0.05, 0) is 13.0 Å². The van der Waals surface area contributed by atoms with E-state index in [1.807, 2.05) is 24.1 Å². The van der Waals surface area contributed by atoms with Crippen LogP contribution in [-0.4, -0.2) is 26.3 Å². The Morgan fingerprint density at radius 1 is 1.30 bits per heavy atom. The van der Waals surface area contributed by atoms with Gasteiger partial charge in [-0.15, -0.1) is 0 Å². The molecule has 20 heavy (non-hydrogen) atoms. The summed E-state index contributed by atoms with van der Waals surface area (Å²) in [7, 11) is 1.94. The Bertz CT molecular complexity index is 552. The van der Waals surface area contributed by atoms with E-state index in [1.54, 1.807) is 6.33 Å². The fourth-order valence-electron chi connectivity index (χ4n) is 2.28. The van der Waals surface area contributed by atoms with Crippen LogP contribution in [0, 0.1) is 0 Å². The van der Waals surface area contributed by atoms with E-state index in [0.717, 1.165) is 41.4 Å². The van der Waals surface area contributed by atoms with Gasteiger partial charge in [-0.3, -0.25) is 4.68 Å². The van der Waals surface area contributed by atoms with Crippen molar-refractivity contribution in [3.8, 4) is 0 Å². The molecule has 0 bridgehead atoms. The molecule has 0 aromatic carbocycles. The maximum absolute atomic E-state index is 6.42. The molecule has 5 nitrogen and oxygen atoms in total. The number of hydrogen-bond donors (Lipinski definition) is 1. The highest BCUT2D eigenvalue weighted by atomic mass is 35.5. The van der Waals surface area contributed by atoms with E-state index in [4.69, 9.17) is 11.6 Å². The first-order chi connectivity index (χ1) is 9.67. The van der Waals surface area contributed by atoms with Gasteiger partial charge in [0.1, 0.15) is 6.33 Å². The smallest absolute Gasteiger partial charge is 0.115 e. The van der Waals surface area contributed by atoms with Crippen LogP contribution in [0.25, 0.3) is 0 Å². The van der Waals surface area contributed by atoms with Gasteiger partial charge in [-0.1, -0.05) is 25.4 Å². The zero-order valence-corrected chi connectivity index (χ0v) is 12.9. The van der Waals surface area contributed by atoms with Gasteiger partial charge in [0.2, 0.25) is 0 Å². The standard InChI is InChI=1S/C14H20ClN5/c1-4-11-14(15)13(20(3)19-11)6-12(18-5-2)10-7-16-9-17-8-10/h7-9,12,18H,4-6H2,1-3H3. The zero-order chi connectivity index (χ0) is 14.5. The lowest BCUT2D eigenvalue weighted by Crippen LogP contribution is -2.24. The Kier molecular flexibility index (Phi) is 5.09. The number of likely N-dealkylation sites (N-methyl/N-ethyl adjacent to an activating group) is 1. The fourth-order valence-corrected chi connectivity index (χ4v) is 2.65. The molecule has 0 aliphatic heterocycles. The lowest BCUT2D eigenvalue weighted by atomic mass is 10.0. The van der Waals surface area contributed by atoms with Gasteiger partial charge < -0.3 is 5.32 Å². The first kappa shape index (κ1) is 14.9. The van der Waals surface area contributed by atoms with Crippen LogP contribution in [0.3, 0.4) is 0 Å². The Morgan fingerprint density at radius 2 is 2.00 bits per heavy atom. The topological polar surface area (TPSA) is 55.6 Å². The van der Waals surface area contributed by atoms with Crippen LogP contribution in [0.1, 0.15) is 36.8 Å². The number of rotatable bonds is 6. The second-order valence-electron chi connectivity index (χ2n) is 4.67. The van der Waals surface area contributed by atoms with Gasteiger partial charge in [0.15, 0.2) is 0 Å². The lowest BCUT2D eigenvalue weighted by Gasteiger charge is -2.17. The average Bonchev–Trinajstić information content (AvgIpc) is 2.75. The minimum absolute atomic E-state index is 0.138. The lowest BCUT2D eigenvalue weighted by molar-refractivity contribution is 0.525. The maximum Gasteiger partial charge on any atom is 0.115 e. The number of halogens is 1. The summed E-state index contributed by atoms with van der Waals surface area (Å²) in [5.74, 6) is 0. The van der Waals surface area contributed by atoms with Gasteiger partial charge in [-0.25, -0.2) is 9.97 Å². The van der Waals surface area contributed by atoms with Crippen LogP contribution >= 0.6 is 11.6 Å². The molecule has 0 saturated heterocycles. The van der Waals surface area contributed by atoms with Crippen LogP contribution in [0.15, 0.2) is 18.7 Å². The van der Waals surface area contributed by atoms with E-state index in [2.05, 4.69) is 34.2 Å². The van der Waals surface area contributed by atoms with Crippen LogP contribution < -0.4 is 5.32 Å². The Morgan fingerprint density at radius 3 is 2.55 bits per heavy atom. The van der Waals surface area contributed by atoms with Gasteiger partial charge in [-0.2, -0.15) is 5.10 Å². The third-order valence-corrected chi connectivity index (χ3v) is 3.77. The highest BCUT2D eigenvalue weighted by Crippen LogP contribution is 2.25. The normalized spacial score (nSPS) is 12.6. The predicted molar refractivity (Wildman–Crippen MR) is 79.7 cm³/mol. The van der Waals surface area contributed by atoms with Crippen molar-refractivity contribution >= 4 is 11.6 Å². The van der Waals surface area contributed by atoms with Crippen molar-refractivity contribution in [2.45, 2.75) is 32.7 Å². The highest BCUT2D eigenvalue weighted by Gasteiger charge is 2.19. The Labute approximate surface area is 124 Å². The van der Waals surface area contributed by atoms with Crippen LogP contribution in [0.4, 0.5) is 0 Å². The van der Waals surface area contributed by atoms with Gasteiger partial charge in [0.25, 0.3) is 0 Å². The summed E-state index contributed by atoms with van der Waals surface area (Å²) in [5.41, 5.74) is 3.05. The predicted octanol–water partition coefficient (Wildman–Crippen LogP) is 2.32. The second-order valence-corrected chi connectivity index (χ2v) is 5.05. The number of aromatic nitrogens is 4. The molecule has 2 heterocycles. The molecule has 6 heteroatoms. The Balaban J connectivity index is 2.27. The zero-order valence-electron chi connectivity index (χ0n) is 12.1. The first-order valence-electron chi connectivity index (χ1n) is 6.85. The summed E-state index contributed by atoms with van der Waals surface area (Å²) in [5, 5.41) is 8.68. The molecular weight excluding hydrogens is 274 g/mol. The molecule has 1 N–H and O–H groups in total. The molecule has 108 valence electrons. The van der Waals surface area contributed by atoms with Crippen molar-refractivity contribution in [1.82, 2.24) is 25.1 Å². The van der Waals surface area contributed by atoms with Crippen molar-refractivity contribution in [3.63, 3.8) is 0 Å². The minimum atomic E-state index is 0.138. The second kappa shape index (κ2) is 6.81. The summed E-state index contributed by atoms with van der Waals surface area (Å²) in [6.45, 7) is 5.01. The molecule has 0 spiro atoms. The molecule has 0 aliphatic carbocycles. The molecule has 1 atom stereocenters. The van der Waals surface area contributed by atoms with Crippen LogP contribution in [0.5, 0.6) is 0 Å². The number of nitrogens with zero attached hydrogens (tertiary/aromatic N) is 4. The third kappa shape index (κ3) is 3.16. The van der Waals surface area contributed by atoms with E-state index in [0.29, 0.717) is 0 Å². The molecular formula is C14H20ClN5. The van der Waals surface area contributed by atoms with E-state index < -0.39 is 0 Å². The van der Waals surface area contributed by atoms with E-state index >= 15 is 0 Å². The molecule has 0 radical (unpaired) electrons. The highest BCUT2D eigenvalue weighted by molar-refractivity contribution is 6.31. The molecule has 1 unspecified atom stereocenters. The summed E-state index contributed by atoms with van der Waals surface area (Å²) in [4.78, 5) is 8.18. The van der Waals surface area contributed by atoms with E-state index in [-0.39, 0.29) is 6.04 Å². The van der Waals surface area contributed by atoms with E-state index in [1.165, 1.54) is 0 Å². The molecule has 2 aromatic rings. The molecule has 0 fully saturated rings. The average molecular weight is 294 g/mol. The van der Waals surface area contributed by atoms with Crippen molar-refractivity contribution in [3.05, 3.63) is 40.7 Å². The van der Waals surface area contributed by atoms with Gasteiger partial charge in [0.05, 0.1) is 16.4 Å². The fraction of sp³-hybridized carbons (Fsp3) is 0.500. The SMILES string of the molecule is CCNC(Cc1c(Cl)c(CC)nn1C)c1cncnc1. The van der Waals surface area contributed by atoms with Gasteiger partial charge in [0, 0.05) is 37.5 Å². The molecule has 0 aliphatic rings. The van der Waals surface area contributed by atoms with Crippen LogP contribution in [0.2, 0.25) is 5.02 Å².